The van der Waals surface area contributed by atoms with Crippen LogP contribution in [0.4, 0.5) is 8.78 Å². The lowest BCUT2D eigenvalue weighted by molar-refractivity contribution is 0.0949. The van der Waals surface area contributed by atoms with Crippen molar-refractivity contribution in [3.63, 3.8) is 0 Å². The summed E-state index contributed by atoms with van der Waals surface area (Å²) in [5.41, 5.74) is 3.67. The maximum absolute atomic E-state index is 14.2. The molecule has 0 spiro atoms. The molecular formula is C24H28F2N4O. The average molecular weight is 427 g/mol. The van der Waals surface area contributed by atoms with Crippen LogP contribution in [0.1, 0.15) is 46.7 Å². The molecule has 1 heterocycles. The van der Waals surface area contributed by atoms with Crippen LogP contribution in [0.5, 0.6) is 0 Å². The predicted octanol–water partition coefficient (Wildman–Crippen LogP) is 4.54. The molecule has 3 rings (SSSR count). The Morgan fingerprint density at radius 3 is 2.45 bits per heavy atom. The second-order valence-electron chi connectivity index (χ2n) is 7.52. The molecule has 0 aliphatic rings. The Morgan fingerprint density at radius 2 is 1.77 bits per heavy atom. The maximum atomic E-state index is 14.2. The quantitative estimate of drug-likeness (QED) is 0.575. The molecule has 3 aromatic rings. The fraction of sp³-hybridized carbons (Fsp3) is 0.333. The van der Waals surface area contributed by atoms with Crippen LogP contribution in [-0.2, 0) is 13.1 Å². The van der Waals surface area contributed by atoms with Crippen molar-refractivity contribution in [3.05, 3.63) is 82.2 Å². The first kappa shape index (κ1) is 22.6. The smallest absolute Gasteiger partial charge is 0.255 e. The Kier molecular flexibility index (Phi) is 7.17. The van der Waals surface area contributed by atoms with Gasteiger partial charge in [0.15, 0.2) is 5.82 Å². The molecule has 0 saturated carbocycles. The predicted molar refractivity (Wildman–Crippen MR) is 117 cm³/mol. The molecular weight excluding hydrogens is 398 g/mol. The third kappa shape index (κ3) is 5.17. The minimum absolute atomic E-state index is 0.102. The Labute approximate surface area is 181 Å². The van der Waals surface area contributed by atoms with Crippen LogP contribution in [-0.4, -0.2) is 33.7 Å². The number of nitrogens with zero attached hydrogens (tertiary/aromatic N) is 3. The van der Waals surface area contributed by atoms with Crippen molar-refractivity contribution in [2.45, 2.75) is 40.8 Å². The lowest BCUT2D eigenvalue weighted by Crippen LogP contribution is -2.24. The van der Waals surface area contributed by atoms with E-state index in [9.17, 15) is 13.6 Å². The lowest BCUT2D eigenvalue weighted by atomic mass is 10.1. The summed E-state index contributed by atoms with van der Waals surface area (Å²) in [6, 6.07) is 11.4. The number of aromatic nitrogens is 2. The van der Waals surface area contributed by atoms with E-state index in [1.54, 1.807) is 13.8 Å². The number of halogens is 2. The molecule has 2 aromatic carbocycles. The topological polar surface area (TPSA) is 50.2 Å². The summed E-state index contributed by atoms with van der Waals surface area (Å²) in [7, 11) is 0. The third-order valence-electron chi connectivity index (χ3n) is 5.40. The molecule has 1 aromatic heterocycles. The SMILES string of the molecule is CCN(CC)Cc1cccc(CNC(=O)c2c(C)nn(-c3ccc(F)cc3F)c2C)c1. The van der Waals surface area contributed by atoms with Gasteiger partial charge in [0.1, 0.15) is 11.5 Å². The van der Waals surface area contributed by atoms with Crippen LogP contribution < -0.4 is 5.32 Å². The van der Waals surface area contributed by atoms with Gasteiger partial charge in [-0.3, -0.25) is 9.69 Å². The van der Waals surface area contributed by atoms with Crippen molar-refractivity contribution < 1.29 is 13.6 Å². The highest BCUT2D eigenvalue weighted by Gasteiger charge is 2.21. The molecule has 164 valence electrons. The zero-order valence-electron chi connectivity index (χ0n) is 18.4. The van der Waals surface area contributed by atoms with Crippen LogP contribution in [0.3, 0.4) is 0 Å². The van der Waals surface area contributed by atoms with Gasteiger partial charge in [-0.15, -0.1) is 0 Å². The second-order valence-corrected chi connectivity index (χ2v) is 7.52. The summed E-state index contributed by atoms with van der Waals surface area (Å²) in [6.07, 6.45) is 0. The first-order valence-corrected chi connectivity index (χ1v) is 10.4. The molecule has 0 unspecified atom stereocenters. The monoisotopic (exact) mass is 426 g/mol. The molecule has 0 aliphatic carbocycles. The van der Waals surface area contributed by atoms with Gasteiger partial charge in [0, 0.05) is 19.2 Å². The molecule has 31 heavy (non-hydrogen) atoms. The van der Waals surface area contributed by atoms with Crippen LogP contribution in [0.25, 0.3) is 5.69 Å². The van der Waals surface area contributed by atoms with Crippen molar-refractivity contribution in [2.75, 3.05) is 13.1 Å². The number of benzene rings is 2. The van der Waals surface area contributed by atoms with Gasteiger partial charge in [0.2, 0.25) is 0 Å². The molecule has 0 atom stereocenters. The van der Waals surface area contributed by atoms with Gasteiger partial charge < -0.3 is 5.32 Å². The Bertz CT molecular complexity index is 1070. The van der Waals surface area contributed by atoms with E-state index in [1.807, 2.05) is 12.1 Å². The lowest BCUT2D eigenvalue weighted by Gasteiger charge is -2.18. The Morgan fingerprint density at radius 1 is 1.06 bits per heavy atom. The minimum atomic E-state index is -0.734. The fourth-order valence-corrected chi connectivity index (χ4v) is 3.67. The molecule has 0 saturated heterocycles. The van der Waals surface area contributed by atoms with Crippen LogP contribution in [0, 0.1) is 25.5 Å². The second kappa shape index (κ2) is 9.83. The molecule has 0 aliphatic heterocycles. The number of carbonyl (C=O) groups excluding carboxylic acids is 1. The van der Waals surface area contributed by atoms with Gasteiger partial charge in [0.25, 0.3) is 5.91 Å². The van der Waals surface area contributed by atoms with Crippen LogP contribution in [0.2, 0.25) is 0 Å². The average Bonchev–Trinajstić information content (AvgIpc) is 3.04. The van der Waals surface area contributed by atoms with Crippen molar-refractivity contribution >= 4 is 5.91 Å². The summed E-state index contributed by atoms with van der Waals surface area (Å²) in [6.45, 7) is 10.9. The summed E-state index contributed by atoms with van der Waals surface area (Å²) in [4.78, 5) is 15.2. The highest BCUT2D eigenvalue weighted by atomic mass is 19.1. The Hall–Kier alpha value is -3.06. The normalized spacial score (nSPS) is 11.2. The van der Waals surface area contributed by atoms with Crippen LogP contribution >= 0.6 is 0 Å². The number of carbonyl (C=O) groups is 1. The van der Waals surface area contributed by atoms with E-state index in [0.717, 1.165) is 31.3 Å². The van der Waals surface area contributed by atoms with Gasteiger partial charge >= 0.3 is 0 Å². The summed E-state index contributed by atoms with van der Waals surface area (Å²) < 4.78 is 28.8. The summed E-state index contributed by atoms with van der Waals surface area (Å²) in [5.74, 6) is -1.68. The fourth-order valence-electron chi connectivity index (χ4n) is 3.67. The van der Waals surface area contributed by atoms with E-state index in [2.05, 4.69) is 41.3 Å². The minimum Gasteiger partial charge on any atom is -0.348 e. The van der Waals surface area contributed by atoms with Crippen molar-refractivity contribution in [3.8, 4) is 5.69 Å². The third-order valence-corrected chi connectivity index (χ3v) is 5.40. The number of hydrogen-bond donors (Lipinski definition) is 1. The van der Waals surface area contributed by atoms with E-state index < -0.39 is 11.6 Å². The van der Waals surface area contributed by atoms with E-state index in [-0.39, 0.29) is 11.6 Å². The molecule has 5 nitrogen and oxygen atoms in total. The zero-order valence-corrected chi connectivity index (χ0v) is 18.4. The number of rotatable bonds is 8. The number of aryl methyl sites for hydroxylation is 1. The van der Waals surface area contributed by atoms with E-state index in [1.165, 1.54) is 22.4 Å². The van der Waals surface area contributed by atoms with E-state index in [4.69, 9.17) is 0 Å². The molecule has 0 fully saturated rings. The highest BCUT2D eigenvalue weighted by Crippen LogP contribution is 2.21. The largest absolute Gasteiger partial charge is 0.348 e. The summed E-state index contributed by atoms with van der Waals surface area (Å²) in [5, 5.41) is 7.23. The van der Waals surface area contributed by atoms with Crippen molar-refractivity contribution in [1.29, 1.82) is 0 Å². The van der Waals surface area contributed by atoms with Gasteiger partial charge in [-0.05, 0) is 50.2 Å². The Balaban J connectivity index is 1.75. The number of amides is 1. The van der Waals surface area contributed by atoms with Gasteiger partial charge in [0.05, 0.1) is 17.0 Å². The maximum Gasteiger partial charge on any atom is 0.255 e. The van der Waals surface area contributed by atoms with Crippen molar-refractivity contribution in [1.82, 2.24) is 20.0 Å². The van der Waals surface area contributed by atoms with Crippen molar-refractivity contribution in [2.24, 2.45) is 0 Å². The molecule has 1 N–H and O–H groups in total. The zero-order chi connectivity index (χ0) is 22.5. The molecule has 0 radical (unpaired) electrons. The summed E-state index contributed by atoms with van der Waals surface area (Å²) >= 11 is 0. The van der Waals surface area contributed by atoms with Gasteiger partial charge in [-0.25, -0.2) is 13.5 Å². The standard InChI is InChI=1S/C24H28F2N4O/c1-5-29(6-2)15-19-9-7-8-18(12-19)14-27-24(31)23-16(3)28-30(17(23)4)22-11-10-20(25)13-21(22)26/h7-13H,5-6,14-15H2,1-4H3,(H,27,31). The molecule has 0 bridgehead atoms. The van der Waals surface area contributed by atoms with E-state index >= 15 is 0 Å². The first-order valence-electron chi connectivity index (χ1n) is 10.4. The number of hydrogen-bond acceptors (Lipinski definition) is 3. The molecule has 1 amide bonds. The van der Waals surface area contributed by atoms with Crippen LogP contribution in [0.15, 0.2) is 42.5 Å². The molecule has 7 heteroatoms. The van der Waals surface area contributed by atoms with Gasteiger partial charge in [-0.2, -0.15) is 5.10 Å². The number of nitrogens with one attached hydrogen (secondary N) is 1. The highest BCUT2D eigenvalue weighted by molar-refractivity contribution is 5.96. The van der Waals surface area contributed by atoms with E-state index in [0.29, 0.717) is 23.5 Å². The first-order chi connectivity index (χ1) is 14.8. The van der Waals surface area contributed by atoms with Gasteiger partial charge in [-0.1, -0.05) is 38.1 Å².